The van der Waals surface area contributed by atoms with Gasteiger partial charge in [0.1, 0.15) is 4.88 Å². The monoisotopic (exact) mass is 292 g/mol. The smallest absolute Gasteiger partial charge is 0.267 e. The molecule has 1 aliphatic rings. The Morgan fingerprint density at radius 2 is 2.44 bits per heavy atom. The summed E-state index contributed by atoms with van der Waals surface area (Å²) in [6, 6.07) is 0. The summed E-state index contributed by atoms with van der Waals surface area (Å²) < 4.78 is 9.27. The zero-order chi connectivity index (χ0) is 12.3. The van der Waals surface area contributed by atoms with Crippen molar-refractivity contribution < 1.29 is 9.53 Å². The van der Waals surface area contributed by atoms with Crippen LogP contribution in [0.5, 0.6) is 0 Å². The summed E-state index contributed by atoms with van der Waals surface area (Å²) in [6.07, 6.45) is 0.668. The van der Waals surface area contributed by atoms with Crippen LogP contribution in [0.2, 0.25) is 0 Å². The Balaban J connectivity index is 0.00000162. The van der Waals surface area contributed by atoms with Gasteiger partial charge in [0.2, 0.25) is 0 Å². The Morgan fingerprint density at radius 1 is 1.67 bits per heavy atom. The Morgan fingerprint density at radius 3 is 3.11 bits per heavy atom. The predicted octanol–water partition coefficient (Wildman–Crippen LogP) is 0.322. The summed E-state index contributed by atoms with van der Waals surface area (Å²) in [5.41, 5.74) is 6.33. The highest BCUT2D eigenvalue weighted by molar-refractivity contribution is 7.08. The fraction of sp³-hybridized carbons (Fsp3) is 0.700. The van der Waals surface area contributed by atoms with Crippen LogP contribution in [-0.2, 0) is 11.2 Å². The molecule has 0 aliphatic carbocycles. The summed E-state index contributed by atoms with van der Waals surface area (Å²) in [4.78, 5) is 14.7. The topological polar surface area (TPSA) is 81.3 Å². The fourth-order valence-electron chi connectivity index (χ4n) is 1.79. The van der Waals surface area contributed by atoms with Gasteiger partial charge in [-0.1, -0.05) is 11.4 Å². The molecule has 0 radical (unpaired) electrons. The van der Waals surface area contributed by atoms with Gasteiger partial charge in [-0.15, -0.1) is 17.5 Å². The van der Waals surface area contributed by atoms with Gasteiger partial charge in [0.15, 0.2) is 0 Å². The Bertz CT molecular complexity index is 401. The number of nitrogens with two attached hydrogens (primary N) is 1. The van der Waals surface area contributed by atoms with Crippen LogP contribution in [0.3, 0.4) is 0 Å². The minimum absolute atomic E-state index is 0. The molecule has 1 atom stereocenters. The van der Waals surface area contributed by atoms with Crippen molar-refractivity contribution in [2.75, 3.05) is 26.2 Å². The summed E-state index contributed by atoms with van der Waals surface area (Å²) in [6.45, 7) is 4.11. The third-order valence-electron chi connectivity index (χ3n) is 2.77. The summed E-state index contributed by atoms with van der Waals surface area (Å²) in [7, 11) is 0. The van der Waals surface area contributed by atoms with Crippen molar-refractivity contribution in [2.24, 2.45) is 5.73 Å². The molecule has 1 aliphatic heterocycles. The molecule has 0 saturated carbocycles. The Hall–Kier alpha value is -0.760. The van der Waals surface area contributed by atoms with Crippen LogP contribution in [0.25, 0.3) is 0 Å². The molecule has 1 amide bonds. The molecule has 2 rings (SSSR count). The van der Waals surface area contributed by atoms with E-state index < -0.39 is 0 Å². The van der Waals surface area contributed by atoms with Crippen molar-refractivity contribution in [3.05, 3.63) is 10.6 Å². The van der Waals surface area contributed by atoms with Gasteiger partial charge in [-0.25, -0.2) is 0 Å². The number of rotatable bonds is 3. The van der Waals surface area contributed by atoms with Gasteiger partial charge in [0, 0.05) is 19.6 Å². The number of nitrogens with zero attached hydrogens (tertiary/aromatic N) is 3. The van der Waals surface area contributed by atoms with E-state index in [-0.39, 0.29) is 24.4 Å². The molecule has 1 unspecified atom stereocenters. The lowest BCUT2D eigenvalue weighted by atomic mass is 10.2. The third kappa shape index (κ3) is 3.17. The third-order valence-corrected chi connectivity index (χ3v) is 3.53. The van der Waals surface area contributed by atoms with Crippen LogP contribution < -0.4 is 5.73 Å². The van der Waals surface area contributed by atoms with E-state index >= 15 is 0 Å². The molecule has 0 aromatic carbocycles. The van der Waals surface area contributed by atoms with Crippen molar-refractivity contribution in [2.45, 2.75) is 19.4 Å². The summed E-state index contributed by atoms with van der Waals surface area (Å²) >= 11 is 1.16. The molecule has 6 nitrogen and oxygen atoms in total. The fourth-order valence-corrected chi connectivity index (χ4v) is 2.51. The summed E-state index contributed by atoms with van der Waals surface area (Å²) in [5, 5.41) is 3.95. The van der Waals surface area contributed by atoms with Crippen LogP contribution in [-0.4, -0.2) is 52.7 Å². The zero-order valence-electron chi connectivity index (χ0n) is 10.2. The maximum atomic E-state index is 12.3. The van der Waals surface area contributed by atoms with Crippen molar-refractivity contribution >= 4 is 29.8 Å². The van der Waals surface area contributed by atoms with E-state index in [1.807, 2.05) is 6.92 Å². The molecule has 0 spiro atoms. The largest absolute Gasteiger partial charge is 0.373 e. The average molecular weight is 293 g/mol. The van der Waals surface area contributed by atoms with E-state index in [4.69, 9.17) is 10.5 Å². The molecule has 1 fully saturated rings. The van der Waals surface area contributed by atoms with Gasteiger partial charge < -0.3 is 15.4 Å². The van der Waals surface area contributed by atoms with Gasteiger partial charge in [0.25, 0.3) is 5.91 Å². The Kier molecular flexibility index (Phi) is 5.94. The zero-order valence-corrected chi connectivity index (χ0v) is 11.8. The molecule has 1 saturated heterocycles. The van der Waals surface area contributed by atoms with Crippen molar-refractivity contribution in [3.8, 4) is 0 Å². The number of aryl methyl sites for hydroxylation is 1. The maximum absolute atomic E-state index is 12.3. The lowest BCUT2D eigenvalue weighted by Crippen LogP contribution is -2.48. The number of aromatic nitrogens is 2. The minimum Gasteiger partial charge on any atom is -0.373 e. The molecule has 18 heavy (non-hydrogen) atoms. The first-order valence-corrected chi connectivity index (χ1v) is 6.45. The van der Waals surface area contributed by atoms with E-state index in [2.05, 4.69) is 9.59 Å². The predicted molar refractivity (Wildman–Crippen MR) is 71.2 cm³/mol. The number of ether oxygens (including phenoxy) is 1. The van der Waals surface area contributed by atoms with Gasteiger partial charge in [-0.05, 0) is 18.0 Å². The van der Waals surface area contributed by atoms with Gasteiger partial charge >= 0.3 is 0 Å². The number of halogens is 1. The highest BCUT2D eigenvalue weighted by Gasteiger charge is 2.27. The molecular formula is C10H17ClN4O2S. The van der Waals surface area contributed by atoms with Gasteiger partial charge in [0.05, 0.1) is 18.4 Å². The van der Waals surface area contributed by atoms with Crippen LogP contribution in [0.4, 0.5) is 0 Å². The van der Waals surface area contributed by atoms with Crippen LogP contribution in [0, 0.1) is 0 Å². The van der Waals surface area contributed by atoms with Crippen LogP contribution >= 0.6 is 23.9 Å². The van der Waals surface area contributed by atoms with Gasteiger partial charge in [-0.2, -0.15) is 0 Å². The van der Waals surface area contributed by atoms with E-state index in [9.17, 15) is 4.79 Å². The first-order valence-electron chi connectivity index (χ1n) is 5.68. The standard InChI is InChI=1S/C10H16N4O2S.ClH/c1-2-8-9(17-13-12-8)10(15)14-3-4-16-7(5-11)6-14;/h7H,2-6,11H2,1H3;1H. The quantitative estimate of drug-likeness (QED) is 0.868. The molecule has 1 aromatic heterocycles. The number of hydrogen-bond acceptors (Lipinski definition) is 6. The molecular weight excluding hydrogens is 276 g/mol. The number of carbonyl (C=O) groups excluding carboxylic acids is 1. The number of amides is 1. The molecule has 2 heterocycles. The van der Waals surface area contributed by atoms with Crippen molar-refractivity contribution in [1.82, 2.24) is 14.5 Å². The van der Waals surface area contributed by atoms with E-state index in [1.54, 1.807) is 4.90 Å². The second kappa shape index (κ2) is 6.98. The normalized spacial score (nSPS) is 19.4. The van der Waals surface area contributed by atoms with Gasteiger partial charge in [-0.3, -0.25) is 4.79 Å². The lowest BCUT2D eigenvalue weighted by Gasteiger charge is -2.32. The van der Waals surface area contributed by atoms with Crippen molar-refractivity contribution in [3.63, 3.8) is 0 Å². The van der Waals surface area contributed by atoms with Crippen molar-refractivity contribution in [1.29, 1.82) is 0 Å². The highest BCUT2D eigenvalue weighted by atomic mass is 35.5. The second-order valence-corrected chi connectivity index (χ2v) is 4.64. The molecule has 102 valence electrons. The first kappa shape index (κ1) is 15.3. The molecule has 8 heteroatoms. The maximum Gasteiger partial charge on any atom is 0.267 e. The lowest BCUT2D eigenvalue weighted by molar-refractivity contribution is -0.0166. The van der Waals surface area contributed by atoms with Crippen LogP contribution in [0.15, 0.2) is 0 Å². The number of morpholine rings is 1. The number of hydrogen-bond donors (Lipinski definition) is 1. The Labute approximate surface area is 116 Å². The van der Waals surface area contributed by atoms with E-state index in [1.165, 1.54) is 0 Å². The SMILES string of the molecule is CCc1nnsc1C(=O)N1CCOC(CN)C1.Cl. The highest BCUT2D eigenvalue weighted by Crippen LogP contribution is 2.16. The second-order valence-electron chi connectivity index (χ2n) is 3.88. The minimum atomic E-state index is -0.0568. The molecule has 2 N–H and O–H groups in total. The average Bonchev–Trinajstić information content (AvgIpc) is 2.86. The molecule has 1 aromatic rings. The van der Waals surface area contributed by atoms with E-state index in [0.29, 0.717) is 31.1 Å². The van der Waals surface area contributed by atoms with E-state index in [0.717, 1.165) is 23.6 Å². The number of carbonyl (C=O) groups is 1. The molecule has 0 bridgehead atoms. The summed E-state index contributed by atoms with van der Waals surface area (Å²) in [5.74, 6) is -0.00130. The van der Waals surface area contributed by atoms with Crippen LogP contribution in [0.1, 0.15) is 22.3 Å². The first-order chi connectivity index (χ1) is 8.26.